The van der Waals surface area contributed by atoms with Crippen molar-refractivity contribution in [2.45, 2.75) is 46.1 Å². The first-order valence-electron chi connectivity index (χ1n) is 7.19. The largest absolute Gasteiger partial charge is 0.496 e. The number of benzene rings is 1. The van der Waals surface area contributed by atoms with Crippen LogP contribution in [0.1, 0.15) is 39.2 Å². The Hall–Kier alpha value is -0.610. The van der Waals surface area contributed by atoms with E-state index >= 15 is 0 Å². The number of methoxy groups -OCH3 is 1. The number of aryl methyl sites for hydroxylation is 1. The fourth-order valence-electron chi connectivity index (χ4n) is 2.12. The third-order valence-corrected chi connectivity index (χ3v) is 4.03. The van der Waals surface area contributed by atoms with Crippen LogP contribution >= 0.6 is 15.9 Å². The van der Waals surface area contributed by atoms with Crippen LogP contribution in [0, 0.1) is 11.7 Å². The van der Waals surface area contributed by atoms with Gasteiger partial charge in [0.15, 0.2) is 0 Å². The van der Waals surface area contributed by atoms with E-state index in [2.05, 4.69) is 42.0 Å². The number of halogens is 2. The monoisotopic (exact) mass is 345 g/mol. The van der Waals surface area contributed by atoms with E-state index in [0.717, 1.165) is 31.4 Å². The molecular weight excluding hydrogens is 321 g/mol. The number of hydrogen-bond donors (Lipinski definition) is 1. The lowest BCUT2D eigenvalue weighted by molar-refractivity contribution is 0.400. The SMILES string of the molecule is COc1cc(F)c(Br)cc1CCC(C)CCNC(C)C. The Morgan fingerprint density at radius 1 is 1.25 bits per heavy atom. The summed E-state index contributed by atoms with van der Waals surface area (Å²) < 4.78 is 19.2. The molecule has 0 aliphatic heterocycles. The summed E-state index contributed by atoms with van der Waals surface area (Å²) in [5.41, 5.74) is 1.06. The summed E-state index contributed by atoms with van der Waals surface area (Å²) in [6.45, 7) is 7.62. The highest BCUT2D eigenvalue weighted by Gasteiger charge is 2.10. The molecule has 114 valence electrons. The van der Waals surface area contributed by atoms with E-state index in [1.54, 1.807) is 7.11 Å². The molecule has 0 spiro atoms. The molecule has 1 atom stereocenters. The maximum atomic E-state index is 13.5. The molecule has 1 rings (SSSR count). The predicted octanol–water partition coefficient (Wildman–Crippen LogP) is 4.55. The second-order valence-corrected chi connectivity index (χ2v) is 6.47. The van der Waals surface area contributed by atoms with Gasteiger partial charge in [-0.15, -0.1) is 0 Å². The van der Waals surface area contributed by atoms with Crippen molar-refractivity contribution in [2.24, 2.45) is 5.92 Å². The molecule has 4 heteroatoms. The first-order valence-corrected chi connectivity index (χ1v) is 7.98. The Balaban J connectivity index is 2.50. The Morgan fingerprint density at radius 3 is 2.55 bits per heavy atom. The van der Waals surface area contributed by atoms with E-state index in [-0.39, 0.29) is 5.82 Å². The number of hydrogen-bond acceptors (Lipinski definition) is 2. The molecule has 1 unspecified atom stereocenters. The molecule has 0 aliphatic carbocycles. The Bertz CT molecular complexity index is 423. The molecule has 2 nitrogen and oxygen atoms in total. The Morgan fingerprint density at radius 2 is 1.95 bits per heavy atom. The van der Waals surface area contributed by atoms with Gasteiger partial charge in [0, 0.05) is 12.1 Å². The molecule has 0 heterocycles. The van der Waals surface area contributed by atoms with Crippen molar-refractivity contribution in [3.05, 3.63) is 28.0 Å². The van der Waals surface area contributed by atoms with Gasteiger partial charge in [-0.2, -0.15) is 0 Å². The molecule has 0 fully saturated rings. The van der Waals surface area contributed by atoms with Crippen LogP contribution in [0.5, 0.6) is 5.75 Å². The molecule has 0 bridgehead atoms. The molecule has 0 aromatic heterocycles. The average Bonchev–Trinajstić information content (AvgIpc) is 2.39. The molecule has 1 aromatic carbocycles. The summed E-state index contributed by atoms with van der Waals surface area (Å²) in [6, 6.07) is 3.81. The van der Waals surface area contributed by atoms with Gasteiger partial charge < -0.3 is 10.1 Å². The van der Waals surface area contributed by atoms with E-state index < -0.39 is 0 Å². The van der Waals surface area contributed by atoms with Gasteiger partial charge in [0.05, 0.1) is 11.6 Å². The molecule has 0 aliphatic rings. The summed E-state index contributed by atoms with van der Waals surface area (Å²) in [5, 5.41) is 3.43. The van der Waals surface area contributed by atoms with Gasteiger partial charge in [-0.1, -0.05) is 20.8 Å². The highest BCUT2D eigenvalue weighted by molar-refractivity contribution is 9.10. The van der Waals surface area contributed by atoms with E-state index in [9.17, 15) is 4.39 Å². The van der Waals surface area contributed by atoms with Crippen molar-refractivity contribution in [1.29, 1.82) is 0 Å². The first-order chi connectivity index (χ1) is 9.43. The standard InChI is InChI=1S/C16H25BrFNO/c1-11(2)19-8-7-12(3)5-6-13-9-14(17)15(18)10-16(13)20-4/h9-12,19H,5-8H2,1-4H3. The van der Waals surface area contributed by atoms with Crippen molar-refractivity contribution in [2.75, 3.05) is 13.7 Å². The summed E-state index contributed by atoms with van der Waals surface area (Å²) in [5.74, 6) is 0.993. The number of nitrogens with one attached hydrogen (secondary N) is 1. The molecule has 20 heavy (non-hydrogen) atoms. The lowest BCUT2D eigenvalue weighted by Gasteiger charge is -2.15. The van der Waals surface area contributed by atoms with E-state index in [1.165, 1.54) is 6.07 Å². The van der Waals surface area contributed by atoms with Gasteiger partial charge in [0.1, 0.15) is 11.6 Å². The fraction of sp³-hybridized carbons (Fsp3) is 0.625. The summed E-state index contributed by atoms with van der Waals surface area (Å²) >= 11 is 3.23. The predicted molar refractivity (Wildman–Crippen MR) is 85.9 cm³/mol. The van der Waals surface area contributed by atoms with E-state index in [1.807, 2.05) is 6.07 Å². The zero-order valence-corrected chi connectivity index (χ0v) is 14.4. The fourth-order valence-corrected chi connectivity index (χ4v) is 2.51. The van der Waals surface area contributed by atoms with Crippen LogP contribution in [0.3, 0.4) is 0 Å². The molecule has 1 N–H and O–H groups in total. The van der Waals surface area contributed by atoms with Crippen LogP contribution in [0.25, 0.3) is 0 Å². The Labute approximate surface area is 130 Å². The molecule has 0 radical (unpaired) electrons. The minimum Gasteiger partial charge on any atom is -0.496 e. The number of rotatable bonds is 8. The van der Waals surface area contributed by atoms with Crippen molar-refractivity contribution >= 4 is 15.9 Å². The van der Waals surface area contributed by atoms with Crippen LogP contribution in [0.15, 0.2) is 16.6 Å². The lowest BCUT2D eigenvalue weighted by Crippen LogP contribution is -2.25. The van der Waals surface area contributed by atoms with Crippen LogP contribution in [0.2, 0.25) is 0 Å². The molecule has 0 saturated carbocycles. The number of ether oxygens (including phenoxy) is 1. The Kier molecular flexibility index (Phi) is 7.52. The van der Waals surface area contributed by atoms with Crippen molar-refractivity contribution in [1.82, 2.24) is 5.32 Å². The van der Waals surface area contributed by atoms with Crippen LogP contribution < -0.4 is 10.1 Å². The van der Waals surface area contributed by atoms with Gasteiger partial charge in [-0.05, 0) is 59.3 Å². The van der Waals surface area contributed by atoms with Gasteiger partial charge in [-0.3, -0.25) is 0 Å². The molecule has 0 saturated heterocycles. The second kappa shape index (κ2) is 8.63. The lowest BCUT2D eigenvalue weighted by atomic mass is 9.97. The third-order valence-electron chi connectivity index (χ3n) is 3.42. The molecular formula is C16H25BrFNO. The van der Waals surface area contributed by atoms with Crippen molar-refractivity contribution in [3.63, 3.8) is 0 Å². The maximum absolute atomic E-state index is 13.5. The summed E-state index contributed by atoms with van der Waals surface area (Å²) in [7, 11) is 1.59. The average molecular weight is 346 g/mol. The maximum Gasteiger partial charge on any atom is 0.141 e. The van der Waals surface area contributed by atoms with E-state index in [4.69, 9.17) is 4.74 Å². The smallest absolute Gasteiger partial charge is 0.141 e. The quantitative estimate of drug-likeness (QED) is 0.745. The highest BCUT2D eigenvalue weighted by Crippen LogP contribution is 2.28. The highest BCUT2D eigenvalue weighted by atomic mass is 79.9. The zero-order valence-electron chi connectivity index (χ0n) is 12.8. The molecule has 0 amide bonds. The van der Waals surface area contributed by atoms with Gasteiger partial charge in [-0.25, -0.2) is 4.39 Å². The van der Waals surface area contributed by atoms with Gasteiger partial charge >= 0.3 is 0 Å². The summed E-state index contributed by atoms with van der Waals surface area (Å²) in [4.78, 5) is 0. The van der Waals surface area contributed by atoms with Crippen LogP contribution in [-0.2, 0) is 6.42 Å². The van der Waals surface area contributed by atoms with Crippen molar-refractivity contribution in [3.8, 4) is 5.75 Å². The summed E-state index contributed by atoms with van der Waals surface area (Å²) in [6.07, 6.45) is 3.14. The van der Waals surface area contributed by atoms with E-state index in [0.29, 0.717) is 22.2 Å². The van der Waals surface area contributed by atoms with Crippen LogP contribution in [-0.4, -0.2) is 19.7 Å². The molecule has 1 aromatic rings. The van der Waals surface area contributed by atoms with Gasteiger partial charge in [0.2, 0.25) is 0 Å². The van der Waals surface area contributed by atoms with Crippen LogP contribution in [0.4, 0.5) is 4.39 Å². The minimum atomic E-state index is -0.278. The first kappa shape index (κ1) is 17.4. The van der Waals surface area contributed by atoms with Crippen molar-refractivity contribution < 1.29 is 9.13 Å². The topological polar surface area (TPSA) is 21.3 Å². The normalized spacial score (nSPS) is 12.8. The zero-order chi connectivity index (χ0) is 15.1. The minimum absolute atomic E-state index is 0.278. The van der Waals surface area contributed by atoms with Gasteiger partial charge in [0.25, 0.3) is 0 Å². The second-order valence-electron chi connectivity index (χ2n) is 5.62. The third kappa shape index (κ3) is 5.80.